The van der Waals surface area contributed by atoms with E-state index in [0.29, 0.717) is 12.8 Å². The molecule has 0 aromatic carbocycles. The quantitative estimate of drug-likeness (QED) is 0.0310. The van der Waals surface area contributed by atoms with Crippen molar-refractivity contribution in [2.75, 3.05) is 26.4 Å². The molecule has 0 saturated heterocycles. The minimum Gasteiger partial charge on any atom is -0.462 e. The maximum atomic E-state index is 12.6. The van der Waals surface area contributed by atoms with E-state index in [0.717, 1.165) is 38.5 Å². The maximum Gasteiger partial charge on any atom is 0.472 e. The SMILES string of the molecule is CCCCCCCCCCCCCCCCCCCCCCCCCC(=O)O[C@H](COC(=O)CCCCCCCCC)COP(=O)(O)OC[C@@H](O)CO. The maximum absolute atomic E-state index is 12.6. The number of carbonyl (C=O) groups excluding carboxylic acids is 2. The molecule has 0 aliphatic rings. The largest absolute Gasteiger partial charge is 0.472 e. The lowest BCUT2D eigenvalue weighted by atomic mass is 10.0. The third kappa shape index (κ3) is 39.0. The van der Waals surface area contributed by atoms with Crippen molar-refractivity contribution >= 4 is 19.8 Å². The van der Waals surface area contributed by atoms with Crippen LogP contribution in [0.3, 0.4) is 0 Å². The number of phosphoric ester groups is 1. The zero-order valence-electron chi connectivity index (χ0n) is 34.3. The van der Waals surface area contributed by atoms with E-state index in [-0.39, 0.29) is 19.4 Å². The lowest BCUT2D eigenvalue weighted by Gasteiger charge is -2.20. The van der Waals surface area contributed by atoms with Crippen LogP contribution in [0.2, 0.25) is 0 Å². The number of carbonyl (C=O) groups is 2. The van der Waals surface area contributed by atoms with Crippen LogP contribution in [0.4, 0.5) is 0 Å². The molecule has 0 rings (SSSR count). The molecule has 0 fully saturated rings. The topological polar surface area (TPSA) is 149 Å². The number of hydrogen-bond acceptors (Lipinski definition) is 9. The van der Waals surface area contributed by atoms with E-state index < -0.39 is 51.8 Å². The molecule has 10 nitrogen and oxygen atoms in total. The van der Waals surface area contributed by atoms with Crippen LogP contribution in [0.1, 0.15) is 219 Å². The van der Waals surface area contributed by atoms with Gasteiger partial charge in [-0.1, -0.05) is 194 Å². The molecule has 0 aromatic rings. The molecule has 0 radical (unpaired) electrons. The van der Waals surface area contributed by atoms with Crippen molar-refractivity contribution in [3.63, 3.8) is 0 Å². The number of esters is 2. The first-order chi connectivity index (χ1) is 25.7. The van der Waals surface area contributed by atoms with Crippen LogP contribution in [0.15, 0.2) is 0 Å². The molecule has 0 aliphatic heterocycles. The highest BCUT2D eigenvalue weighted by Gasteiger charge is 2.27. The van der Waals surface area contributed by atoms with E-state index in [1.54, 1.807) is 0 Å². The molecule has 1 unspecified atom stereocenters. The average Bonchev–Trinajstić information content (AvgIpc) is 3.14. The Morgan fingerprint density at radius 1 is 0.491 bits per heavy atom. The molecule has 316 valence electrons. The Hall–Kier alpha value is -1.03. The minimum atomic E-state index is -4.60. The average molecular weight is 779 g/mol. The molecule has 11 heteroatoms. The van der Waals surface area contributed by atoms with Gasteiger partial charge in [0, 0.05) is 12.8 Å². The second-order valence-electron chi connectivity index (χ2n) is 15.1. The van der Waals surface area contributed by atoms with Crippen molar-refractivity contribution in [3.8, 4) is 0 Å². The second-order valence-corrected chi connectivity index (χ2v) is 16.5. The van der Waals surface area contributed by atoms with Gasteiger partial charge in [-0.15, -0.1) is 0 Å². The van der Waals surface area contributed by atoms with Crippen LogP contribution in [-0.4, -0.2) is 65.7 Å². The zero-order valence-corrected chi connectivity index (χ0v) is 35.2. The molecule has 53 heavy (non-hydrogen) atoms. The summed E-state index contributed by atoms with van der Waals surface area (Å²) >= 11 is 0. The van der Waals surface area contributed by atoms with Crippen molar-refractivity contribution in [2.24, 2.45) is 0 Å². The number of aliphatic hydroxyl groups is 2. The summed E-state index contributed by atoms with van der Waals surface area (Å²) in [6.45, 7) is 2.36. The number of ether oxygens (including phenoxy) is 2. The van der Waals surface area contributed by atoms with Crippen molar-refractivity contribution in [3.05, 3.63) is 0 Å². The molecule has 3 N–H and O–H groups in total. The Morgan fingerprint density at radius 2 is 0.811 bits per heavy atom. The lowest BCUT2D eigenvalue weighted by molar-refractivity contribution is -0.161. The first kappa shape index (κ1) is 52.0. The number of phosphoric acid groups is 1. The van der Waals surface area contributed by atoms with Gasteiger partial charge in [0.25, 0.3) is 0 Å². The van der Waals surface area contributed by atoms with Gasteiger partial charge in [0.15, 0.2) is 6.10 Å². The molecular formula is C42H83O10P. The van der Waals surface area contributed by atoms with E-state index in [2.05, 4.69) is 18.4 Å². The predicted octanol–water partition coefficient (Wildman–Crippen LogP) is 11.5. The molecule has 0 amide bonds. The van der Waals surface area contributed by atoms with Gasteiger partial charge >= 0.3 is 19.8 Å². The van der Waals surface area contributed by atoms with Crippen LogP contribution in [0.25, 0.3) is 0 Å². The van der Waals surface area contributed by atoms with Crippen molar-refractivity contribution < 1.29 is 47.8 Å². The van der Waals surface area contributed by atoms with Gasteiger partial charge in [-0.25, -0.2) is 4.57 Å². The summed E-state index contributed by atoms with van der Waals surface area (Å²) in [5, 5.41) is 18.3. The monoisotopic (exact) mass is 779 g/mol. The number of rotatable bonds is 42. The summed E-state index contributed by atoms with van der Waals surface area (Å²) in [5.41, 5.74) is 0. The van der Waals surface area contributed by atoms with Crippen LogP contribution in [0, 0.1) is 0 Å². The Kier molecular flexibility index (Phi) is 38.5. The van der Waals surface area contributed by atoms with Crippen molar-refractivity contribution in [1.29, 1.82) is 0 Å². The summed E-state index contributed by atoms with van der Waals surface area (Å²) < 4.78 is 32.6. The predicted molar refractivity (Wildman–Crippen MR) is 215 cm³/mol. The molecule has 3 atom stereocenters. The molecule has 0 spiro atoms. The van der Waals surface area contributed by atoms with Crippen LogP contribution in [0.5, 0.6) is 0 Å². The lowest BCUT2D eigenvalue weighted by Crippen LogP contribution is -2.29. The Bertz CT molecular complexity index is 858. The minimum absolute atomic E-state index is 0.192. The van der Waals surface area contributed by atoms with Gasteiger partial charge < -0.3 is 24.6 Å². The summed E-state index contributed by atoms with van der Waals surface area (Å²) in [4.78, 5) is 34.8. The Morgan fingerprint density at radius 3 is 1.17 bits per heavy atom. The van der Waals surface area contributed by atoms with E-state index in [1.807, 2.05) is 0 Å². The standard InChI is InChI=1S/C42H83O10P/c1-3-5-7-9-11-12-13-14-15-16-17-18-19-20-21-22-23-24-25-26-28-30-32-34-42(46)52-40(38-51-53(47,48)50-36-39(44)35-43)37-49-41(45)33-31-29-27-10-8-6-4-2/h39-40,43-44H,3-38H2,1-2H3,(H,47,48)/t39-,40+/m0/s1. The Labute approximate surface area is 324 Å². The smallest absolute Gasteiger partial charge is 0.462 e. The fraction of sp³-hybridized carbons (Fsp3) is 0.952. The van der Waals surface area contributed by atoms with Crippen LogP contribution >= 0.6 is 7.82 Å². The summed E-state index contributed by atoms with van der Waals surface area (Å²) in [5.74, 6) is -0.918. The summed E-state index contributed by atoms with van der Waals surface area (Å²) in [6, 6.07) is 0. The van der Waals surface area contributed by atoms with E-state index in [4.69, 9.17) is 19.1 Å². The van der Waals surface area contributed by atoms with E-state index >= 15 is 0 Å². The first-order valence-electron chi connectivity index (χ1n) is 22.0. The van der Waals surface area contributed by atoms with E-state index in [9.17, 15) is 24.2 Å². The fourth-order valence-electron chi connectivity index (χ4n) is 6.35. The first-order valence-corrected chi connectivity index (χ1v) is 23.5. The van der Waals surface area contributed by atoms with E-state index in [1.165, 1.54) is 141 Å². The normalized spacial score (nSPS) is 13.8. The third-order valence-electron chi connectivity index (χ3n) is 9.76. The molecule has 0 bridgehead atoms. The summed E-state index contributed by atoms with van der Waals surface area (Å²) in [7, 11) is -4.60. The highest BCUT2D eigenvalue weighted by atomic mass is 31.2. The van der Waals surface area contributed by atoms with Gasteiger partial charge in [0.2, 0.25) is 0 Å². The molecular weight excluding hydrogens is 695 g/mol. The molecule has 0 aliphatic carbocycles. The number of aliphatic hydroxyl groups excluding tert-OH is 2. The van der Waals surface area contributed by atoms with Gasteiger partial charge in [0.05, 0.1) is 19.8 Å². The van der Waals surface area contributed by atoms with Gasteiger partial charge in [0.1, 0.15) is 12.7 Å². The van der Waals surface area contributed by atoms with Crippen molar-refractivity contribution in [2.45, 2.75) is 232 Å². The fourth-order valence-corrected chi connectivity index (χ4v) is 7.14. The van der Waals surface area contributed by atoms with Gasteiger partial charge in [-0.3, -0.25) is 18.6 Å². The van der Waals surface area contributed by atoms with Gasteiger partial charge in [-0.2, -0.15) is 0 Å². The zero-order chi connectivity index (χ0) is 39.1. The highest BCUT2D eigenvalue weighted by Crippen LogP contribution is 2.43. The second kappa shape index (κ2) is 39.2. The van der Waals surface area contributed by atoms with Crippen molar-refractivity contribution in [1.82, 2.24) is 0 Å². The molecule has 0 saturated carbocycles. The third-order valence-corrected chi connectivity index (χ3v) is 10.7. The number of hydrogen-bond donors (Lipinski definition) is 3. The summed E-state index contributed by atoms with van der Waals surface area (Å²) in [6.07, 6.45) is 35.4. The van der Waals surface area contributed by atoms with Gasteiger partial charge in [-0.05, 0) is 12.8 Å². The molecule has 0 aromatic heterocycles. The highest BCUT2D eigenvalue weighted by molar-refractivity contribution is 7.47. The Balaban J connectivity index is 4.03. The van der Waals surface area contributed by atoms with Crippen LogP contribution in [-0.2, 0) is 32.7 Å². The van der Waals surface area contributed by atoms with Crippen LogP contribution < -0.4 is 0 Å². The number of unbranched alkanes of at least 4 members (excludes halogenated alkanes) is 28. The molecule has 0 heterocycles.